The van der Waals surface area contributed by atoms with E-state index in [1.807, 2.05) is 18.4 Å². The van der Waals surface area contributed by atoms with E-state index in [-0.39, 0.29) is 17.2 Å². The number of anilines is 1. The van der Waals surface area contributed by atoms with Gasteiger partial charge in [0.25, 0.3) is 5.56 Å². The molecule has 0 saturated carbocycles. The molecule has 0 aromatic carbocycles. The Morgan fingerprint density at radius 3 is 2.97 bits per heavy atom. The van der Waals surface area contributed by atoms with Gasteiger partial charge in [-0.05, 0) is 49.1 Å². The third-order valence-corrected chi connectivity index (χ3v) is 8.37. The Kier molecular flexibility index (Phi) is 6.49. The van der Waals surface area contributed by atoms with Crippen molar-refractivity contribution >= 4 is 61.5 Å². The van der Waals surface area contributed by atoms with Crippen LogP contribution in [0.15, 0.2) is 21.4 Å². The molecule has 31 heavy (non-hydrogen) atoms. The summed E-state index contributed by atoms with van der Waals surface area (Å²) in [5.74, 6) is -0.0232. The molecule has 1 unspecified atom stereocenters. The number of nitrogens with zero attached hydrogens (tertiary/aromatic N) is 2. The van der Waals surface area contributed by atoms with Crippen LogP contribution in [0.5, 0.6) is 0 Å². The number of hydrogen-bond donors (Lipinski definition) is 1. The van der Waals surface area contributed by atoms with E-state index in [4.69, 9.17) is 4.74 Å². The molecule has 0 spiro atoms. The number of thioether (sulfide) groups is 1. The molecule has 0 fully saturated rings. The molecule has 0 radical (unpaired) electrons. The summed E-state index contributed by atoms with van der Waals surface area (Å²) < 4.78 is 7.19. The van der Waals surface area contributed by atoms with Crippen molar-refractivity contribution in [1.82, 2.24) is 9.55 Å². The Labute approximate surface area is 191 Å². The number of ether oxygens (including phenoxy) is 1. The van der Waals surface area contributed by atoms with E-state index in [2.05, 4.69) is 17.2 Å². The third-order valence-electron chi connectivity index (χ3n) is 5.33. The minimum Gasteiger partial charge on any atom is -0.465 e. The monoisotopic (exact) mass is 477 g/mol. The van der Waals surface area contributed by atoms with E-state index in [0.29, 0.717) is 38.4 Å². The highest BCUT2D eigenvalue weighted by Crippen LogP contribution is 2.40. The van der Waals surface area contributed by atoms with Crippen LogP contribution < -0.4 is 10.9 Å². The number of carbonyl (C=O) groups is 2. The van der Waals surface area contributed by atoms with E-state index in [0.717, 1.165) is 29.7 Å². The van der Waals surface area contributed by atoms with Gasteiger partial charge in [0, 0.05) is 11.4 Å². The molecule has 1 aliphatic rings. The van der Waals surface area contributed by atoms with Crippen LogP contribution in [0, 0.1) is 5.92 Å². The summed E-state index contributed by atoms with van der Waals surface area (Å²) in [7, 11) is 1.36. The van der Waals surface area contributed by atoms with Crippen LogP contribution >= 0.6 is 34.4 Å². The quantitative estimate of drug-likeness (QED) is 0.325. The van der Waals surface area contributed by atoms with Crippen molar-refractivity contribution in [3.8, 4) is 0 Å². The fraction of sp³-hybridized carbons (Fsp3) is 0.429. The smallest absolute Gasteiger partial charge is 0.341 e. The number of carbonyl (C=O) groups excluding carboxylic acids is 2. The second kappa shape index (κ2) is 9.13. The van der Waals surface area contributed by atoms with E-state index < -0.39 is 5.97 Å². The fourth-order valence-electron chi connectivity index (χ4n) is 3.76. The van der Waals surface area contributed by atoms with Crippen LogP contribution in [0.3, 0.4) is 0 Å². The van der Waals surface area contributed by atoms with Crippen LogP contribution in [0.1, 0.15) is 41.1 Å². The van der Waals surface area contributed by atoms with Gasteiger partial charge in [-0.1, -0.05) is 18.7 Å². The predicted molar refractivity (Wildman–Crippen MR) is 126 cm³/mol. The zero-order chi connectivity index (χ0) is 22.1. The second-order valence-corrected chi connectivity index (χ2v) is 10.4. The minimum atomic E-state index is -0.417. The Morgan fingerprint density at radius 2 is 2.23 bits per heavy atom. The van der Waals surface area contributed by atoms with Crippen molar-refractivity contribution in [3.63, 3.8) is 0 Å². The molecule has 3 heterocycles. The lowest BCUT2D eigenvalue weighted by Gasteiger charge is -2.18. The summed E-state index contributed by atoms with van der Waals surface area (Å²) in [5.41, 5.74) is 2.05. The summed E-state index contributed by atoms with van der Waals surface area (Å²) >= 11 is 4.05. The molecule has 3 aromatic rings. The van der Waals surface area contributed by atoms with Crippen molar-refractivity contribution in [2.45, 2.75) is 44.8 Å². The molecule has 1 N–H and O–H groups in total. The fourth-order valence-corrected chi connectivity index (χ4v) is 6.82. The van der Waals surface area contributed by atoms with Gasteiger partial charge in [-0.3, -0.25) is 14.2 Å². The Hall–Kier alpha value is -2.17. The first-order chi connectivity index (χ1) is 14.9. The van der Waals surface area contributed by atoms with E-state index in [1.54, 1.807) is 4.57 Å². The first kappa shape index (κ1) is 22.0. The van der Waals surface area contributed by atoms with Gasteiger partial charge < -0.3 is 10.1 Å². The highest BCUT2D eigenvalue weighted by molar-refractivity contribution is 7.99. The molecule has 7 nitrogen and oxygen atoms in total. The highest BCUT2D eigenvalue weighted by Gasteiger charge is 2.29. The van der Waals surface area contributed by atoms with Gasteiger partial charge in [0.15, 0.2) is 5.16 Å². The van der Waals surface area contributed by atoms with Gasteiger partial charge in [0.1, 0.15) is 9.70 Å². The summed E-state index contributed by atoms with van der Waals surface area (Å²) in [5, 5.41) is 5.80. The number of fused-ring (bicyclic) bond motifs is 2. The topological polar surface area (TPSA) is 90.3 Å². The number of amides is 1. The number of aromatic nitrogens is 2. The maximum absolute atomic E-state index is 12.7. The Morgan fingerprint density at radius 1 is 1.42 bits per heavy atom. The zero-order valence-electron chi connectivity index (χ0n) is 17.5. The molecule has 1 atom stereocenters. The average Bonchev–Trinajstić information content (AvgIpc) is 3.35. The second-order valence-electron chi connectivity index (χ2n) is 7.46. The molecule has 3 aromatic heterocycles. The van der Waals surface area contributed by atoms with Crippen molar-refractivity contribution < 1.29 is 14.3 Å². The summed E-state index contributed by atoms with van der Waals surface area (Å²) in [6.45, 7) is 4.55. The van der Waals surface area contributed by atoms with Crippen LogP contribution in [0.2, 0.25) is 0 Å². The Balaban J connectivity index is 1.54. The standard InChI is InChI=1S/C21H23N3O4S3/c1-4-24-19(26)17-13(7-8-29-17)22-21(24)30-10-15(25)23-18-16(20(27)28-3)12-6-5-11(2)9-14(12)31-18/h7-8,11H,4-6,9-10H2,1-3H3,(H,23,25). The van der Waals surface area contributed by atoms with E-state index >= 15 is 0 Å². The molecule has 0 aliphatic heterocycles. The van der Waals surface area contributed by atoms with Gasteiger partial charge in [-0.2, -0.15) is 0 Å². The van der Waals surface area contributed by atoms with Gasteiger partial charge in [-0.25, -0.2) is 9.78 Å². The molecule has 4 rings (SSSR count). The van der Waals surface area contributed by atoms with Crippen LogP contribution in [0.4, 0.5) is 5.00 Å². The van der Waals surface area contributed by atoms with Crippen LogP contribution in [-0.4, -0.2) is 34.3 Å². The molecule has 164 valence electrons. The zero-order valence-corrected chi connectivity index (χ0v) is 20.0. The first-order valence-corrected chi connectivity index (χ1v) is 12.7. The first-order valence-electron chi connectivity index (χ1n) is 10.1. The van der Waals surface area contributed by atoms with Gasteiger partial charge >= 0.3 is 5.97 Å². The highest BCUT2D eigenvalue weighted by atomic mass is 32.2. The van der Waals surface area contributed by atoms with Crippen molar-refractivity contribution in [1.29, 1.82) is 0 Å². The Bertz CT molecular complexity index is 1210. The largest absolute Gasteiger partial charge is 0.465 e. The molecule has 10 heteroatoms. The minimum absolute atomic E-state index is 0.0848. The lowest BCUT2D eigenvalue weighted by Crippen LogP contribution is -2.23. The van der Waals surface area contributed by atoms with E-state index in [1.165, 1.54) is 41.5 Å². The van der Waals surface area contributed by atoms with Gasteiger partial charge in [0.05, 0.1) is 23.9 Å². The number of hydrogen-bond acceptors (Lipinski definition) is 8. The average molecular weight is 478 g/mol. The number of esters is 1. The predicted octanol–water partition coefficient (Wildman–Crippen LogP) is 4.18. The lowest BCUT2D eigenvalue weighted by molar-refractivity contribution is -0.113. The molecule has 0 saturated heterocycles. The normalized spacial score (nSPS) is 15.6. The molecular weight excluding hydrogens is 454 g/mol. The number of rotatable bonds is 6. The van der Waals surface area contributed by atoms with E-state index in [9.17, 15) is 14.4 Å². The molecule has 0 bridgehead atoms. The molecule has 1 aliphatic carbocycles. The van der Waals surface area contributed by atoms with Crippen molar-refractivity contribution in [3.05, 3.63) is 37.8 Å². The van der Waals surface area contributed by atoms with Gasteiger partial charge in [0.2, 0.25) is 5.91 Å². The number of methoxy groups -OCH3 is 1. The van der Waals surface area contributed by atoms with Crippen molar-refractivity contribution in [2.75, 3.05) is 18.2 Å². The number of nitrogens with one attached hydrogen (secondary N) is 1. The number of thiophene rings is 2. The summed E-state index contributed by atoms with van der Waals surface area (Å²) in [6, 6.07) is 1.81. The third kappa shape index (κ3) is 4.28. The SMILES string of the molecule is CCn1c(SCC(=O)Nc2sc3c(c2C(=O)OC)CCC(C)C3)nc2ccsc2c1=O. The summed E-state index contributed by atoms with van der Waals surface area (Å²) in [6.07, 6.45) is 2.74. The maximum Gasteiger partial charge on any atom is 0.341 e. The summed E-state index contributed by atoms with van der Waals surface area (Å²) in [4.78, 5) is 43.5. The lowest BCUT2D eigenvalue weighted by atomic mass is 9.88. The maximum atomic E-state index is 12.7. The van der Waals surface area contributed by atoms with Crippen molar-refractivity contribution in [2.24, 2.45) is 5.92 Å². The van der Waals surface area contributed by atoms with Crippen LogP contribution in [-0.2, 0) is 28.9 Å². The molecule has 1 amide bonds. The van der Waals surface area contributed by atoms with Gasteiger partial charge in [-0.15, -0.1) is 22.7 Å². The molecular formula is C21H23N3O4S3. The van der Waals surface area contributed by atoms with Crippen LogP contribution in [0.25, 0.3) is 10.2 Å².